The lowest BCUT2D eigenvalue weighted by Crippen LogP contribution is -2.47. The van der Waals surface area contributed by atoms with Crippen molar-refractivity contribution in [1.29, 1.82) is 0 Å². The van der Waals surface area contributed by atoms with Crippen molar-refractivity contribution in [1.82, 2.24) is 14.7 Å². The predicted octanol–water partition coefficient (Wildman–Crippen LogP) is 0.859. The first kappa shape index (κ1) is 11.1. The zero-order valence-electron chi connectivity index (χ0n) is 9.68. The van der Waals surface area contributed by atoms with Gasteiger partial charge in [0.1, 0.15) is 5.54 Å². The Hall–Kier alpha value is -1.36. The zero-order valence-corrected chi connectivity index (χ0v) is 9.68. The van der Waals surface area contributed by atoms with Crippen molar-refractivity contribution in [3.8, 4) is 0 Å². The Bertz CT molecular complexity index is 402. The molecule has 2 heterocycles. The Morgan fingerprint density at radius 2 is 2.44 bits per heavy atom. The Balaban J connectivity index is 2.12. The molecular formula is C11H17N3O2. The standard InChI is InChI=1S/C11H17N3O2/c1-11(10(15)16)4-3-5-14(11)8-9-6-12-13(2)7-9/h6-7H,3-5,8H2,1-2H3,(H,15,16). The molecule has 5 heteroatoms. The minimum atomic E-state index is -0.728. The van der Waals surface area contributed by atoms with Crippen LogP contribution in [-0.4, -0.2) is 37.8 Å². The molecule has 0 saturated carbocycles. The molecule has 0 amide bonds. The van der Waals surface area contributed by atoms with Crippen LogP contribution in [0.25, 0.3) is 0 Å². The summed E-state index contributed by atoms with van der Waals surface area (Å²) in [4.78, 5) is 13.3. The lowest BCUT2D eigenvalue weighted by Gasteiger charge is -2.30. The molecule has 16 heavy (non-hydrogen) atoms. The van der Waals surface area contributed by atoms with Crippen molar-refractivity contribution in [2.24, 2.45) is 7.05 Å². The van der Waals surface area contributed by atoms with Crippen molar-refractivity contribution in [3.05, 3.63) is 18.0 Å². The fraction of sp³-hybridized carbons (Fsp3) is 0.636. The van der Waals surface area contributed by atoms with Crippen LogP contribution in [0.4, 0.5) is 0 Å². The number of aliphatic carboxylic acids is 1. The van der Waals surface area contributed by atoms with Crippen molar-refractivity contribution in [3.63, 3.8) is 0 Å². The molecule has 1 N–H and O–H groups in total. The summed E-state index contributed by atoms with van der Waals surface area (Å²) < 4.78 is 1.74. The number of aromatic nitrogens is 2. The largest absolute Gasteiger partial charge is 0.480 e. The molecule has 1 aromatic rings. The Morgan fingerprint density at radius 1 is 1.69 bits per heavy atom. The minimum absolute atomic E-state index is 0.663. The highest BCUT2D eigenvalue weighted by Gasteiger charge is 2.43. The van der Waals surface area contributed by atoms with E-state index in [9.17, 15) is 9.90 Å². The van der Waals surface area contributed by atoms with Gasteiger partial charge in [-0.15, -0.1) is 0 Å². The number of hydrogen-bond acceptors (Lipinski definition) is 3. The first-order valence-corrected chi connectivity index (χ1v) is 5.48. The van der Waals surface area contributed by atoms with Gasteiger partial charge < -0.3 is 5.11 Å². The third-order valence-electron chi connectivity index (χ3n) is 3.38. The molecule has 1 aliphatic heterocycles. The van der Waals surface area contributed by atoms with Crippen molar-refractivity contribution >= 4 is 5.97 Å². The molecule has 2 rings (SSSR count). The molecule has 1 aliphatic rings. The first-order chi connectivity index (χ1) is 7.52. The number of carbonyl (C=O) groups is 1. The number of rotatable bonds is 3. The summed E-state index contributed by atoms with van der Waals surface area (Å²) in [5.74, 6) is -0.728. The number of likely N-dealkylation sites (tertiary alicyclic amines) is 1. The number of nitrogens with zero attached hydrogens (tertiary/aromatic N) is 3. The van der Waals surface area contributed by atoms with Crippen LogP contribution in [0.3, 0.4) is 0 Å². The van der Waals surface area contributed by atoms with E-state index in [1.807, 2.05) is 18.1 Å². The summed E-state index contributed by atoms with van der Waals surface area (Å²) in [7, 11) is 1.86. The average molecular weight is 223 g/mol. The van der Waals surface area contributed by atoms with E-state index in [1.165, 1.54) is 0 Å². The maximum Gasteiger partial charge on any atom is 0.323 e. The van der Waals surface area contributed by atoms with Gasteiger partial charge in [-0.3, -0.25) is 14.4 Å². The number of aryl methyl sites for hydroxylation is 1. The molecule has 1 saturated heterocycles. The van der Waals surface area contributed by atoms with Gasteiger partial charge in [-0.25, -0.2) is 0 Å². The highest BCUT2D eigenvalue weighted by molar-refractivity contribution is 5.78. The number of carboxylic acids is 1. The third kappa shape index (κ3) is 1.82. The fourth-order valence-corrected chi connectivity index (χ4v) is 2.29. The van der Waals surface area contributed by atoms with E-state index in [4.69, 9.17) is 0 Å². The Kier molecular flexibility index (Phi) is 2.71. The summed E-state index contributed by atoms with van der Waals surface area (Å²) in [5, 5.41) is 13.4. The van der Waals surface area contributed by atoms with E-state index >= 15 is 0 Å². The predicted molar refractivity (Wildman–Crippen MR) is 58.9 cm³/mol. The van der Waals surface area contributed by atoms with Gasteiger partial charge in [0.05, 0.1) is 6.20 Å². The second-order valence-electron chi connectivity index (χ2n) is 4.63. The Morgan fingerprint density at radius 3 is 3.00 bits per heavy atom. The van der Waals surface area contributed by atoms with Crippen LogP contribution in [0.15, 0.2) is 12.4 Å². The maximum absolute atomic E-state index is 11.3. The minimum Gasteiger partial charge on any atom is -0.480 e. The summed E-state index contributed by atoms with van der Waals surface area (Å²) >= 11 is 0. The van der Waals surface area contributed by atoms with Gasteiger partial charge in [-0.2, -0.15) is 5.10 Å². The highest BCUT2D eigenvalue weighted by Crippen LogP contribution is 2.30. The normalized spacial score (nSPS) is 26.1. The van der Waals surface area contributed by atoms with Gasteiger partial charge in [0.15, 0.2) is 0 Å². The van der Waals surface area contributed by atoms with E-state index in [1.54, 1.807) is 17.8 Å². The SMILES string of the molecule is Cn1cc(CN2CCCC2(C)C(=O)O)cn1. The van der Waals surface area contributed by atoms with Gasteiger partial charge >= 0.3 is 5.97 Å². The van der Waals surface area contributed by atoms with Crippen LogP contribution in [-0.2, 0) is 18.4 Å². The van der Waals surface area contributed by atoms with Crippen LogP contribution in [0.1, 0.15) is 25.3 Å². The molecule has 0 radical (unpaired) electrons. The van der Waals surface area contributed by atoms with E-state index < -0.39 is 11.5 Å². The van der Waals surface area contributed by atoms with Gasteiger partial charge in [-0.1, -0.05) is 0 Å². The molecule has 0 aliphatic carbocycles. The lowest BCUT2D eigenvalue weighted by molar-refractivity contribution is -0.148. The molecule has 5 nitrogen and oxygen atoms in total. The molecule has 88 valence electrons. The fourth-order valence-electron chi connectivity index (χ4n) is 2.29. The topological polar surface area (TPSA) is 58.4 Å². The van der Waals surface area contributed by atoms with Crippen LogP contribution in [0.2, 0.25) is 0 Å². The van der Waals surface area contributed by atoms with Gasteiger partial charge in [0, 0.05) is 25.4 Å². The van der Waals surface area contributed by atoms with Gasteiger partial charge in [0.2, 0.25) is 0 Å². The molecule has 1 unspecified atom stereocenters. The molecule has 0 spiro atoms. The second kappa shape index (κ2) is 3.90. The Labute approximate surface area is 94.7 Å². The number of carboxylic acid groups (broad SMARTS) is 1. The molecule has 0 aromatic carbocycles. The van der Waals surface area contributed by atoms with E-state index in [0.717, 1.165) is 24.9 Å². The van der Waals surface area contributed by atoms with Crippen LogP contribution in [0, 0.1) is 0 Å². The first-order valence-electron chi connectivity index (χ1n) is 5.48. The molecular weight excluding hydrogens is 206 g/mol. The van der Waals surface area contributed by atoms with Crippen molar-refractivity contribution < 1.29 is 9.90 Å². The summed E-state index contributed by atoms with van der Waals surface area (Å²) in [6, 6.07) is 0. The summed E-state index contributed by atoms with van der Waals surface area (Å²) in [5.41, 5.74) is 0.354. The summed E-state index contributed by atoms with van der Waals surface area (Å²) in [6.07, 6.45) is 5.40. The monoisotopic (exact) mass is 223 g/mol. The molecule has 1 aromatic heterocycles. The van der Waals surface area contributed by atoms with Crippen LogP contribution >= 0.6 is 0 Å². The second-order valence-corrected chi connectivity index (χ2v) is 4.63. The van der Waals surface area contributed by atoms with Crippen LogP contribution in [0.5, 0.6) is 0 Å². The van der Waals surface area contributed by atoms with E-state index in [0.29, 0.717) is 6.54 Å². The number of hydrogen-bond donors (Lipinski definition) is 1. The molecule has 1 fully saturated rings. The van der Waals surface area contributed by atoms with Gasteiger partial charge in [-0.05, 0) is 26.3 Å². The van der Waals surface area contributed by atoms with Crippen molar-refractivity contribution in [2.75, 3.05) is 6.54 Å². The van der Waals surface area contributed by atoms with Crippen LogP contribution < -0.4 is 0 Å². The highest BCUT2D eigenvalue weighted by atomic mass is 16.4. The maximum atomic E-state index is 11.3. The quantitative estimate of drug-likeness (QED) is 0.825. The van der Waals surface area contributed by atoms with Gasteiger partial charge in [0.25, 0.3) is 0 Å². The lowest BCUT2D eigenvalue weighted by atomic mass is 9.99. The zero-order chi connectivity index (χ0) is 11.8. The van der Waals surface area contributed by atoms with E-state index in [2.05, 4.69) is 5.10 Å². The average Bonchev–Trinajstić information content (AvgIpc) is 2.76. The van der Waals surface area contributed by atoms with Crippen molar-refractivity contribution in [2.45, 2.75) is 31.8 Å². The molecule has 1 atom stereocenters. The third-order valence-corrected chi connectivity index (χ3v) is 3.38. The summed E-state index contributed by atoms with van der Waals surface area (Å²) in [6.45, 7) is 3.31. The molecule has 0 bridgehead atoms. The smallest absolute Gasteiger partial charge is 0.323 e. The van der Waals surface area contributed by atoms with E-state index in [-0.39, 0.29) is 0 Å².